The lowest BCUT2D eigenvalue weighted by Crippen LogP contribution is -2.28. The number of nitrogens with two attached hydrogens (primary N) is 1. The van der Waals surface area contributed by atoms with Crippen molar-refractivity contribution in [3.05, 3.63) is 17.5 Å². The van der Waals surface area contributed by atoms with Crippen molar-refractivity contribution in [2.45, 2.75) is 19.9 Å². The molecular formula is C8H12N4O3. The van der Waals surface area contributed by atoms with Crippen LogP contribution in [0, 0.1) is 6.92 Å². The highest BCUT2D eigenvalue weighted by molar-refractivity contribution is 5.98. The molecule has 1 rings (SSSR count). The van der Waals surface area contributed by atoms with Crippen LogP contribution in [0.4, 0.5) is 0 Å². The number of aromatic nitrogens is 1. The highest BCUT2D eigenvalue weighted by Crippen LogP contribution is 2.00. The summed E-state index contributed by atoms with van der Waals surface area (Å²) in [5.41, 5.74) is 5.78. The summed E-state index contributed by atoms with van der Waals surface area (Å²) in [7, 11) is 0. The number of rotatable bonds is 4. The van der Waals surface area contributed by atoms with E-state index in [0.29, 0.717) is 11.5 Å². The molecule has 7 heteroatoms. The van der Waals surface area contributed by atoms with Gasteiger partial charge in [0.05, 0.1) is 13.0 Å². The van der Waals surface area contributed by atoms with Gasteiger partial charge in [0.2, 0.25) is 5.91 Å². The minimum absolute atomic E-state index is 0.135. The van der Waals surface area contributed by atoms with Gasteiger partial charge in [0.15, 0.2) is 0 Å². The molecule has 7 nitrogen and oxygen atoms in total. The van der Waals surface area contributed by atoms with Gasteiger partial charge in [0, 0.05) is 6.07 Å². The van der Waals surface area contributed by atoms with Crippen LogP contribution in [-0.2, 0) is 11.3 Å². The Bertz CT molecular complexity index is 372. The maximum Gasteiger partial charge on any atom is 0.228 e. The molecule has 1 amide bonds. The fourth-order valence-corrected chi connectivity index (χ4v) is 0.953. The van der Waals surface area contributed by atoms with Crippen molar-refractivity contribution >= 4 is 11.7 Å². The number of nitrogens with one attached hydrogen (secondary N) is 1. The number of amides is 1. The van der Waals surface area contributed by atoms with Crippen molar-refractivity contribution < 1.29 is 14.5 Å². The van der Waals surface area contributed by atoms with Crippen molar-refractivity contribution in [1.82, 2.24) is 10.5 Å². The Morgan fingerprint density at radius 1 is 1.80 bits per heavy atom. The predicted molar refractivity (Wildman–Crippen MR) is 51.1 cm³/mol. The summed E-state index contributed by atoms with van der Waals surface area (Å²) in [6, 6.07) is 1.71. The van der Waals surface area contributed by atoms with E-state index in [1.165, 1.54) is 0 Å². The SMILES string of the molecule is Cc1cc(CNC(=O)CC(N)=NO)no1. The number of oxime groups is 1. The molecule has 0 unspecified atom stereocenters. The summed E-state index contributed by atoms with van der Waals surface area (Å²) >= 11 is 0. The van der Waals surface area contributed by atoms with Gasteiger partial charge in [0.25, 0.3) is 0 Å². The van der Waals surface area contributed by atoms with Gasteiger partial charge in [-0.2, -0.15) is 0 Å². The van der Waals surface area contributed by atoms with E-state index >= 15 is 0 Å². The average molecular weight is 212 g/mol. The zero-order chi connectivity index (χ0) is 11.3. The molecule has 0 saturated carbocycles. The van der Waals surface area contributed by atoms with Gasteiger partial charge >= 0.3 is 0 Å². The van der Waals surface area contributed by atoms with E-state index in [0.717, 1.165) is 0 Å². The van der Waals surface area contributed by atoms with Gasteiger partial charge in [0.1, 0.15) is 17.3 Å². The predicted octanol–water partition coefficient (Wildman–Crippen LogP) is -0.264. The molecule has 0 aliphatic carbocycles. The largest absolute Gasteiger partial charge is 0.409 e. The van der Waals surface area contributed by atoms with E-state index < -0.39 is 0 Å². The first-order valence-electron chi connectivity index (χ1n) is 4.27. The van der Waals surface area contributed by atoms with Crippen molar-refractivity contribution in [3.63, 3.8) is 0 Å². The molecule has 0 fully saturated rings. The lowest BCUT2D eigenvalue weighted by molar-refractivity contribution is -0.120. The summed E-state index contributed by atoms with van der Waals surface area (Å²) in [6.07, 6.45) is -0.146. The summed E-state index contributed by atoms with van der Waals surface area (Å²) in [5.74, 6) is 0.200. The third kappa shape index (κ3) is 3.67. The lowest BCUT2D eigenvalue weighted by atomic mass is 10.3. The summed E-state index contributed by atoms with van der Waals surface area (Å²) < 4.78 is 4.81. The second kappa shape index (κ2) is 4.99. The van der Waals surface area contributed by atoms with Crippen molar-refractivity contribution in [3.8, 4) is 0 Å². The Morgan fingerprint density at radius 3 is 3.07 bits per heavy atom. The van der Waals surface area contributed by atoms with Crippen LogP contribution in [0.5, 0.6) is 0 Å². The molecule has 0 bridgehead atoms. The van der Waals surface area contributed by atoms with Gasteiger partial charge in [-0.05, 0) is 6.92 Å². The van der Waals surface area contributed by atoms with Gasteiger partial charge in [-0.25, -0.2) is 0 Å². The van der Waals surface area contributed by atoms with E-state index in [4.69, 9.17) is 15.5 Å². The zero-order valence-corrected chi connectivity index (χ0v) is 8.23. The quantitative estimate of drug-likeness (QED) is 0.275. The highest BCUT2D eigenvalue weighted by atomic mass is 16.5. The van der Waals surface area contributed by atoms with E-state index in [1.54, 1.807) is 13.0 Å². The Kier molecular flexibility index (Phi) is 3.67. The van der Waals surface area contributed by atoms with Crippen LogP contribution < -0.4 is 11.1 Å². The normalized spacial score (nSPS) is 11.4. The molecule has 0 aromatic carbocycles. The molecule has 0 spiro atoms. The Balaban J connectivity index is 2.34. The van der Waals surface area contributed by atoms with Crippen LogP contribution in [0.1, 0.15) is 17.9 Å². The average Bonchev–Trinajstić information content (AvgIpc) is 2.61. The maximum atomic E-state index is 11.2. The Morgan fingerprint density at radius 2 is 2.53 bits per heavy atom. The molecule has 0 radical (unpaired) electrons. The Hall–Kier alpha value is -2.05. The van der Waals surface area contributed by atoms with Crippen LogP contribution in [0.25, 0.3) is 0 Å². The summed E-state index contributed by atoms with van der Waals surface area (Å²) in [4.78, 5) is 11.2. The zero-order valence-electron chi connectivity index (χ0n) is 8.23. The maximum absolute atomic E-state index is 11.2. The van der Waals surface area contributed by atoms with E-state index in [9.17, 15) is 4.79 Å². The molecule has 1 aromatic rings. The second-order valence-electron chi connectivity index (χ2n) is 2.97. The number of aryl methyl sites for hydroxylation is 1. The minimum Gasteiger partial charge on any atom is -0.409 e. The van der Waals surface area contributed by atoms with Crippen LogP contribution in [0.15, 0.2) is 15.7 Å². The third-order valence-electron chi connectivity index (χ3n) is 1.61. The second-order valence-corrected chi connectivity index (χ2v) is 2.97. The van der Waals surface area contributed by atoms with Gasteiger partial charge in [-0.1, -0.05) is 10.3 Å². The number of amidine groups is 1. The van der Waals surface area contributed by atoms with Crippen molar-refractivity contribution in [2.24, 2.45) is 10.9 Å². The van der Waals surface area contributed by atoms with E-state index in [1.807, 2.05) is 0 Å². The smallest absolute Gasteiger partial charge is 0.228 e. The molecule has 0 saturated heterocycles. The Labute approximate surface area is 85.9 Å². The molecule has 0 aliphatic heterocycles. The van der Waals surface area contributed by atoms with Gasteiger partial charge in [-0.3, -0.25) is 4.79 Å². The number of carbonyl (C=O) groups excluding carboxylic acids is 1. The molecule has 82 valence electrons. The van der Waals surface area contributed by atoms with E-state index in [-0.39, 0.29) is 24.7 Å². The van der Waals surface area contributed by atoms with Crippen LogP contribution in [0.2, 0.25) is 0 Å². The topological polar surface area (TPSA) is 114 Å². The summed E-state index contributed by atoms with van der Waals surface area (Å²) in [6.45, 7) is 2.02. The van der Waals surface area contributed by atoms with Gasteiger partial charge < -0.3 is 20.8 Å². The number of hydrogen-bond donors (Lipinski definition) is 3. The fraction of sp³-hybridized carbons (Fsp3) is 0.375. The third-order valence-corrected chi connectivity index (χ3v) is 1.61. The van der Waals surface area contributed by atoms with Crippen LogP contribution in [0.3, 0.4) is 0 Å². The first kappa shape index (κ1) is 11.0. The summed E-state index contributed by atoms with van der Waals surface area (Å²) in [5, 5.41) is 17.1. The molecule has 1 aromatic heterocycles. The minimum atomic E-state index is -0.342. The van der Waals surface area contributed by atoms with Crippen LogP contribution >= 0.6 is 0 Å². The molecule has 15 heavy (non-hydrogen) atoms. The van der Waals surface area contributed by atoms with Crippen molar-refractivity contribution in [1.29, 1.82) is 0 Å². The number of carbonyl (C=O) groups is 1. The lowest BCUT2D eigenvalue weighted by Gasteiger charge is -2.00. The molecular weight excluding hydrogens is 200 g/mol. The number of nitrogens with zero attached hydrogens (tertiary/aromatic N) is 2. The first-order valence-corrected chi connectivity index (χ1v) is 4.27. The van der Waals surface area contributed by atoms with E-state index in [2.05, 4.69) is 15.6 Å². The standard InChI is InChI=1S/C8H12N4O3/c1-5-2-6(12-15-5)4-10-8(13)3-7(9)11-14/h2,14H,3-4H2,1H3,(H2,9,11)(H,10,13). The van der Waals surface area contributed by atoms with Gasteiger partial charge in [-0.15, -0.1) is 0 Å². The molecule has 1 heterocycles. The van der Waals surface area contributed by atoms with Crippen LogP contribution in [-0.4, -0.2) is 22.1 Å². The number of hydrogen-bond acceptors (Lipinski definition) is 5. The molecule has 0 atom stereocenters. The molecule has 0 aliphatic rings. The molecule has 4 N–H and O–H groups in total. The fourth-order valence-electron chi connectivity index (χ4n) is 0.953. The highest BCUT2D eigenvalue weighted by Gasteiger charge is 2.06. The monoisotopic (exact) mass is 212 g/mol. The first-order chi connectivity index (χ1) is 7.11. The van der Waals surface area contributed by atoms with Crippen molar-refractivity contribution in [2.75, 3.05) is 0 Å².